The summed E-state index contributed by atoms with van der Waals surface area (Å²) in [6.07, 6.45) is 3.53. The first kappa shape index (κ1) is 9.97. The zero-order valence-corrected chi connectivity index (χ0v) is 9.51. The first-order valence-electron chi connectivity index (χ1n) is 5.57. The second-order valence-corrected chi connectivity index (χ2v) is 3.84. The Labute approximate surface area is 99.1 Å². The average Bonchev–Trinajstić information content (AvgIpc) is 2.74. The van der Waals surface area contributed by atoms with Crippen LogP contribution in [0.5, 0.6) is 5.75 Å². The van der Waals surface area contributed by atoms with Gasteiger partial charge in [-0.3, -0.25) is 0 Å². The summed E-state index contributed by atoms with van der Waals surface area (Å²) >= 11 is 0. The molecule has 0 saturated heterocycles. The van der Waals surface area contributed by atoms with Crippen molar-refractivity contribution in [3.8, 4) is 5.75 Å². The van der Waals surface area contributed by atoms with Crippen molar-refractivity contribution in [2.45, 2.75) is 6.92 Å². The smallest absolute Gasteiger partial charge is 0.135 e. The van der Waals surface area contributed by atoms with E-state index in [1.807, 2.05) is 49.4 Å². The molecule has 0 aliphatic rings. The number of benzene rings is 2. The third kappa shape index (κ3) is 1.68. The Bertz CT molecular complexity index is 692. The summed E-state index contributed by atoms with van der Waals surface area (Å²) in [6.45, 7) is 1.92. The highest BCUT2D eigenvalue weighted by Gasteiger charge is 2.06. The molecule has 84 valence electrons. The predicted molar refractivity (Wildman–Crippen MR) is 69.2 cm³/mol. The molecular formula is C15H12O2. The Kier molecular flexibility index (Phi) is 2.33. The van der Waals surface area contributed by atoms with E-state index < -0.39 is 0 Å². The summed E-state index contributed by atoms with van der Waals surface area (Å²) in [4.78, 5) is 0. The Morgan fingerprint density at radius 2 is 1.82 bits per heavy atom. The van der Waals surface area contributed by atoms with Gasteiger partial charge in [0.05, 0.1) is 6.26 Å². The predicted octanol–water partition coefficient (Wildman–Crippen LogP) is 4.50. The van der Waals surface area contributed by atoms with Crippen LogP contribution in [-0.2, 0) is 0 Å². The lowest BCUT2D eigenvalue weighted by atomic mass is 10.1. The highest BCUT2D eigenvalue weighted by Crippen LogP contribution is 2.31. The van der Waals surface area contributed by atoms with Crippen molar-refractivity contribution in [2.75, 3.05) is 0 Å². The fourth-order valence-corrected chi connectivity index (χ4v) is 1.93. The van der Waals surface area contributed by atoms with E-state index in [0.29, 0.717) is 0 Å². The van der Waals surface area contributed by atoms with Crippen molar-refractivity contribution >= 4 is 21.9 Å². The van der Waals surface area contributed by atoms with Crippen molar-refractivity contribution in [3.05, 3.63) is 54.8 Å². The molecule has 0 unspecified atom stereocenters. The molecule has 0 aliphatic heterocycles. The molecule has 3 rings (SSSR count). The molecule has 0 bridgehead atoms. The van der Waals surface area contributed by atoms with Gasteiger partial charge in [-0.25, -0.2) is 0 Å². The highest BCUT2D eigenvalue weighted by atomic mass is 16.5. The molecule has 0 fully saturated rings. The number of fused-ring (bicyclic) bond motifs is 3. The topological polar surface area (TPSA) is 22.4 Å². The van der Waals surface area contributed by atoms with Gasteiger partial charge in [-0.1, -0.05) is 24.3 Å². The van der Waals surface area contributed by atoms with E-state index in [9.17, 15) is 0 Å². The van der Waals surface area contributed by atoms with Crippen molar-refractivity contribution < 1.29 is 9.15 Å². The van der Waals surface area contributed by atoms with E-state index in [1.54, 1.807) is 6.26 Å². The summed E-state index contributed by atoms with van der Waals surface area (Å²) in [7, 11) is 0. The van der Waals surface area contributed by atoms with Crippen LogP contribution in [0.2, 0.25) is 0 Å². The average molecular weight is 224 g/mol. The van der Waals surface area contributed by atoms with Crippen LogP contribution in [-0.4, -0.2) is 0 Å². The van der Waals surface area contributed by atoms with Crippen LogP contribution < -0.4 is 4.74 Å². The molecule has 2 heteroatoms. The van der Waals surface area contributed by atoms with E-state index in [2.05, 4.69) is 6.07 Å². The summed E-state index contributed by atoms with van der Waals surface area (Å²) in [5.41, 5.74) is 1.80. The van der Waals surface area contributed by atoms with Gasteiger partial charge in [0.2, 0.25) is 0 Å². The molecule has 0 atom stereocenters. The fraction of sp³-hybridized carbons (Fsp3) is 0.0667. The first-order chi connectivity index (χ1) is 8.38. The van der Waals surface area contributed by atoms with Gasteiger partial charge in [0.15, 0.2) is 0 Å². The third-order valence-electron chi connectivity index (χ3n) is 2.69. The summed E-state index contributed by atoms with van der Waals surface area (Å²) in [6, 6.07) is 13.9. The van der Waals surface area contributed by atoms with Crippen LogP contribution in [0.4, 0.5) is 0 Å². The molecule has 0 N–H and O–H groups in total. The molecule has 0 spiro atoms. The molecule has 0 saturated carbocycles. The maximum absolute atomic E-state index is 5.74. The minimum Gasteiger partial charge on any atom is -0.465 e. The zero-order valence-electron chi connectivity index (χ0n) is 9.51. The van der Waals surface area contributed by atoms with E-state index in [0.717, 1.165) is 27.7 Å². The minimum absolute atomic E-state index is 0.821. The summed E-state index contributed by atoms with van der Waals surface area (Å²) < 4.78 is 11.2. The molecule has 17 heavy (non-hydrogen) atoms. The third-order valence-corrected chi connectivity index (χ3v) is 2.69. The van der Waals surface area contributed by atoms with E-state index in [-0.39, 0.29) is 0 Å². The van der Waals surface area contributed by atoms with Gasteiger partial charge in [0.25, 0.3) is 0 Å². The van der Waals surface area contributed by atoms with Crippen molar-refractivity contribution in [2.24, 2.45) is 0 Å². The van der Waals surface area contributed by atoms with Gasteiger partial charge in [-0.2, -0.15) is 0 Å². The lowest BCUT2D eigenvalue weighted by Crippen LogP contribution is -1.80. The van der Waals surface area contributed by atoms with Gasteiger partial charge in [0, 0.05) is 10.8 Å². The van der Waals surface area contributed by atoms with E-state index >= 15 is 0 Å². The minimum atomic E-state index is 0.821. The lowest BCUT2D eigenvalue weighted by molar-refractivity contribution is 0.481. The molecular weight excluding hydrogens is 212 g/mol. The largest absolute Gasteiger partial charge is 0.465 e. The van der Waals surface area contributed by atoms with Crippen molar-refractivity contribution in [3.63, 3.8) is 0 Å². The van der Waals surface area contributed by atoms with E-state index in [4.69, 9.17) is 9.15 Å². The van der Waals surface area contributed by atoms with Crippen LogP contribution in [0.1, 0.15) is 6.92 Å². The van der Waals surface area contributed by atoms with Gasteiger partial charge < -0.3 is 9.15 Å². The van der Waals surface area contributed by atoms with E-state index in [1.165, 1.54) is 0 Å². The van der Waals surface area contributed by atoms with Crippen LogP contribution in [0, 0.1) is 0 Å². The maximum atomic E-state index is 5.74. The molecule has 0 aliphatic carbocycles. The van der Waals surface area contributed by atoms with Crippen LogP contribution in [0.3, 0.4) is 0 Å². The molecule has 2 aromatic carbocycles. The summed E-state index contributed by atoms with van der Waals surface area (Å²) in [5.74, 6) is 0.821. The number of hydrogen-bond acceptors (Lipinski definition) is 2. The lowest BCUT2D eigenvalue weighted by Gasteiger charge is -1.98. The quantitative estimate of drug-likeness (QED) is 0.598. The Morgan fingerprint density at radius 3 is 2.71 bits per heavy atom. The Hall–Kier alpha value is -2.22. The monoisotopic (exact) mass is 224 g/mol. The van der Waals surface area contributed by atoms with Gasteiger partial charge in [-0.05, 0) is 31.2 Å². The Morgan fingerprint density at radius 1 is 1.00 bits per heavy atom. The summed E-state index contributed by atoms with van der Waals surface area (Å²) in [5, 5.41) is 2.20. The molecule has 1 heterocycles. The molecule has 0 amide bonds. The number of rotatable bonds is 2. The second kappa shape index (κ2) is 3.98. The normalized spacial score (nSPS) is 11.6. The van der Waals surface area contributed by atoms with Crippen molar-refractivity contribution in [1.82, 2.24) is 0 Å². The fourth-order valence-electron chi connectivity index (χ4n) is 1.93. The zero-order chi connectivity index (χ0) is 11.7. The van der Waals surface area contributed by atoms with Gasteiger partial charge in [-0.15, -0.1) is 0 Å². The van der Waals surface area contributed by atoms with Crippen molar-refractivity contribution in [1.29, 1.82) is 0 Å². The number of allylic oxidation sites excluding steroid dienone is 1. The number of ether oxygens (including phenoxy) is 1. The maximum Gasteiger partial charge on any atom is 0.135 e. The molecule has 0 radical (unpaired) electrons. The number of hydrogen-bond donors (Lipinski definition) is 0. The second-order valence-electron chi connectivity index (χ2n) is 3.84. The molecule has 3 aromatic rings. The number of para-hydroxylation sites is 1. The first-order valence-corrected chi connectivity index (χ1v) is 5.57. The highest BCUT2D eigenvalue weighted by molar-refractivity contribution is 6.05. The standard InChI is InChI=1S/C15H12O2/c1-2-9-16-11-7-8-15-13(10-11)12-5-3-4-6-14(12)17-15/h2-10H,1H3/b9-2-. The van der Waals surface area contributed by atoms with Gasteiger partial charge >= 0.3 is 0 Å². The van der Waals surface area contributed by atoms with Gasteiger partial charge in [0.1, 0.15) is 16.9 Å². The number of furan rings is 1. The molecule has 1 aromatic heterocycles. The SMILES string of the molecule is C/C=C\Oc1ccc2oc3ccccc3c2c1. The van der Waals surface area contributed by atoms with Crippen LogP contribution in [0.25, 0.3) is 21.9 Å². The van der Waals surface area contributed by atoms with Crippen LogP contribution in [0.15, 0.2) is 59.2 Å². The molecule has 2 nitrogen and oxygen atoms in total. The Balaban J connectivity index is 2.22. The van der Waals surface area contributed by atoms with Crippen LogP contribution >= 0.6 is 0 Å².